The molecule has 0 aromatic heterocycles. The summed E-state index contributed by atoms with van der Waals surface area (Å²) in [6.07, 6.45) is 0.840. The smallest absolute Gasteiger partial charge is 0.220 e. The maximum atomic E-state index is 11.5. The molecule has 0 unspecified atom stereocenters. The maximum absolute atomic E-state index is 11.5. The summed E-state index contributed by atoms with van der Waals surface area (Å²) in [5, 5.41) is 20.0. The molecule has 0 fully saturated rings. The molecule has 0 aliphatic carbocycles. The van der Waals surface area contributed by atoms with Crippen LogP contribution in [-0.2, 0) is 11.2 Å². The first kappa shape index (κ1) is 18.6. The summed E-state index contributed by atoms with van der Waals surface area (Å²) in [4.78, 5) is 11.5. The quantitative estimate of drug-likeness (QED) is 0.544. The van der Waals surface area contributed by atoms with Crippen LogP contribution in [0.4, 0.5) is 0 Å². The zero-order valence-corrected chi connectivity index (χ0v) is 13.4. The highest BCUT2D eigenvalue weighted by molar-refractivity contribution is 5.76. The number of amides is 1. The second-order valence-electron chi connectivity index (χ2n) is 6.61. The molecule has 22 heavy (non-hydrogen) atoms. The number of nitrogens with two attached hydrogens (primary N) is 2. The minimum absolute atomic E-state index is 0.222. The molecule has 6 N–H and O–H groups in total. The molecule has 0 saturated carbocycles. The first-order valence-electron chi connectivity index (χ1n) is 7.68. The van der Waals surface area contributed by atoms with E-state index in [4.69, 9.17) is 11.5 Å². The molecular formula is C17H28N2O3. The van der Waals surface area contributed by atoms with Gasteiger partial charge in [0.15, 0.2) is 0 Å². The number of carbonyl (C=O) groups excluding carboxylic acids is 1. The van der Waals surface area contributed by atoms with Gasteiger partial charge in [0.25, 0.3) is 0 Å². The van der Waals surface area contributed by atoms with Crippen molar-refractivity contribution in [2.45, 2.75) is 57.3 Å². The highest BCUT2D eigenvalue weighted by Crippen LogP contribution is 2.21. The van der Waals surface area contributed by atoms with Gasteiger partial charge in [0.1, 0.15) is 0 Å². The number of primary amides is 1. The zero-order chi connectivity index (χ0) is 16.8. The van der Waals surface area contributed by atoms with Gasteiger partial charge in [-0.05, 0) is 45.1 Å². The minimum atomic E-state index is -0.856. The van der Waals surface area contributed by atoms with Gasteiger partial charge in [-0.3, -0.25) is 4.79 Å². The van der Waals surface area contributed by atoms with E-state index in [1.807, 2.05) is 30.3 Å². The van der Waals surface area contributed by atoms with E-state index < -0.39 is 29.6 Å². The molecule has 0 spiro atoms. The van der Waals surface area contributed by atoms with E-state index in [9.17, 15) is 15.0 Å². The third kappa shape index (κ3) is 7.02. The average Bonchev–Trinajstić information content (AvgIpc) is 2.42. The Labute approximate surface area is 132 Å². The lowest BCUT2D eigenvalue weighted by Gasteiger charge is -2.25. The Hall–Kier alpha value is -1.43. The van der Waals surface area contributed by atoms with E-state index in [2.05, 4.69) is 0 Å². The van der Waals surface area contributed by atoms with Crippen LogP contribution in [0.5, 0.6) is 0 Å². The van der Waals surface area contributed by atoms with Gasteiger partial charge in [-0.15, -0.1) is 0 Å². The van der Waals surface area contributed by atoms with Gasteiger partial charge in [0.05, 0.1) is 11.7 Å². The first-order valence-corrected chi connectivity index (χ1v) is 7.68. The van der Waals surface area contributed by atoms with Gasteiger partial charge in [0, 0.05) is 12.0 Å². The second-order valence-corrected chi connectivity index (χ2v) is 6.61. The van der Waals surface area contributed by atoms with Gasteiger partial charge in [-0.25, -0.2) is 0 Å². The fraction of sp³-hybridized carbons (Fsp3) is 0.588. The molecule has 1 rings (SSSR count). The maximum Gasteiger partial charge on any atom is 0.220 e. The van der Waals surface area contributed by atoms with Crippen molar-refractivity contribution in [2.24, 2.45) is 17.4 Å². The van der Waals surface area contributed by atoms with E-state index in [-0.39, 0.29) is 6.42 Å². The standard InChI is InChI=1S/C17H28N2O3/c1-17(2,22)9-8-13(16(19)21)11-15(20)14(18)10-12-6-4-3-5-7-12/h3-7,13-15,20,22H,8-11,18H2,1-2H3,(H2,19,21)/t13-,14+,15+/m1/s1. The van der Waals surface area contributed by atoms with Crippen LogP contribution in [-0.4, -0.2) is 33.9 Å². The number of rotatable bonds is 9. The Morgan fingerprint density at radius 1 is 1.27 bits per heavy atom. The summed E-state index contributed by atoms with van der Waals surface area (Å²) in [6, 6.07) is 9.21. The second kappa shape index (κ2) is 8.27. The normalized spacial score (nSPS) is 16.0. The molecule has 0 radical (unpaired) electrons. The van der Waals surface area contributed by atoms with Crippen molar-refractivity contribution in [3.63, 3.8) is 0 Å². The predicted octanol–water partition coefficient (Wildman–Crippen LogP) is 0.960. The Balaban J connectivity index is 2.55. The van der Waals surface area contributed by atoms with Crippen LogP contribution < -0.4 is 11.5 Å². The van der Waals surface area contributed by atoms with E-state index in [1.54, 1.807) is 13.8 Å². The Morgan fingerprint density at radius 3 is 2.36 bits per heavy atom. The monoisotopic (exact) mass is 308 g/mol. The molecule has 0 heterocycles. The largest absolute Gasteiger partial charge is 0.391 e. The van der Waals surface area contributed by atoms with Gasteiger partial charge >= 0.3 is 0 Å². The number of benzene rings is 1. The summed E-state index contributed by atoms with van der Waals surface area (Å²) < 4.78 is 0. The highest BCUT2D eigenvalue weighted by atomic mass is 16.3. The zero-order valence-electron chi connectivity index (χ0n) is 13.4. The predicted molar refractivity (Wildman–Crippen MR) is 87.0 cm³/mol. The molecule has 124 valence electrons. The van der Waals surface area contributed by atoms with Gasteiger partial charge in [-0.1, -0.05) is 30.3 Å². The molecule has 3 atom stereocenters. The van der Waals surface area contributed by atoms with Crippen LogP contribution in [0.2, 0.25) is 0 Å². The van der Waals surface area contributed by atoms with Crippen molar-refractivity contribution in [3.8, 4) is 0 Å². The van der Waals surface area contributed by atoms with Crippen molar-refractivity contribution in [2.75, 3.05) is 0 Å². The Kier molecular flexibility index (Phi) is 7.00. The summed E-state index contributed by atoms with van der Waals surface area (Å²) in [6.45, 7) is 3.37. The van der Waals surface area contributed by atoms with E-state index in [0.717, 1.165) is 5.56 Å². The molecule has 0 bridgehead atoms. The van der Waals surface area contributed by atoms with Crippen LogP contribution in [0.15, 0.2) is 30.3 Å². The fourth-order valence-electron chi connectivity index (χ4n) is 2.39. The number of hydrogen-bond acceptors (Lipinski definition) is 4. The van der Waals surface area contributed by atoms with Gasteiger partial charge < -0.3 is 21.7 Å². The van der Waals surface area contributed by atoms with Gasteiger partial charge in [-0.2, -0.15) is 0 Å². The van der Waals surface area contributed by atoms with Crippen molar-refractivity contribution in [3.05, 3.63) is 35.9 Å². The third-order valence-electron chi connectivity index (χ3n) is 3.84. The summed E-state index contributed by atoms with van der Waals surface area (Å²) in [7, 11) is 0. The molecule has 5 nitrogen and oxygen atoms in total. The van der Waals surface area contributed by atoms with Crippen molar-refractivity contribution >= 4 is 5.91 Å². The van der Waals surface area contributed by atoms with Crippen molar-refractivity contribution < 1.29 is 15.0 Å². The van der Waals surface area contributed by atoms with Crippen LogP contribution in [0.1, 0.15) is 38.7 Å². The summed E-state index contributed by atoms with van der Waals surface area (Å²) >= 11 is 0. The van der Waals surface area contributed by atoms with Crippen LogP contribution in [0.3, 0.4) is 0 Å². The molecule has 1 aromatic carbocycles. The van der Waals surface area contributed by atoms with Crippen LogP contribution in [0.25, 0.3) is 0 Å². The number of aliphatic hydroxyl groups excluding tert-OH is 1. The summed E-state index contributed by atoms with van der Waals surface area (Å²) in [5.41, 5.74) is 11.6. The Bertz CT molecular complexity index is 457. The Morgan fingerprint density at radius 2 is 1.86 bits per heavy atom. The highest BCUT2D eigenvalue weighted by Gasteiger charge is 2.26. The van der Waals surface area contributed by atoms with E-state index >= 15 is 0 Å². The molecule has 0 aliphatic heterocycles. The summed E-state index contributed by atoms with van der Waals surface area (Å²) in [5.74, 6) is -0.946. The number of aliphatic hydroxyl groups is 2. The first-order chi connectivity index (χ1) is 10.2. The molecular weight excluding hydrogens is 280 g/mol. The average molecular weight is 308 g/mol. The lowest BCUT2D eigenvalue weighted by Crippen LogP contribution is -2.40. The molecule has 5 heteroatoms. The van der Waals surface area contributed by atoms with E-state index in [1.165, 1.54) is 0 Å². The number of hydrogen-bond donors (Lipinski definition) is 4. The van der Waals surface area contributed by atoms with E-state index in [0.29, 0.717) is 19.3 Å². The van der Waals surface area contributed by atoms with Gasteiger partial charge in [0.2, 0.25) is 5.91 Å². The molecule has 0 saturated heterocycles. The lowest BCUT2D eigenvalue weighted by atomic mass is 9.88. The molecule has 0 aliphatic rings. The minimum Gasteiger partial charge on any atom is -0.391 e. The van der Waals surface area contributed by atoms with Crippen molar-refractivity contribution in [1.82, 2.24) is 0 Å². The third-order valence-corrected chi connectivity index (χ3v) is 3.84. The molecule has 1 aromatic rings. The topological polar surface area (TPSA) is 110 Å². The van der Waals surface area contributed by atoms with Crippen LogP contribution in [0, 0.1) is 5.92 Å². The van der Waals surface area contributed by atoms with Crippen LogP contribution >= 0.6 is 0 Å². The fourth-order valence-corrected chi connectivity index (χ4v) is 2.39. The molecule has 1 amide bonds. The lowest BCUT2D eigenvalue weighted by molar-refractivity contribution is -0.123. The van der Waals surface area contributed by atoms with Crippen molar-refractivity contribution in [1.29, 1.82) is 0 Å². The SMILES string of the molecule is CC(C)(O)CC[C@H](C[C@H](O)[C@@H](N)Cc1ccccc1)C(N)=O. The number of carbonyl (C=O) groups is 1.